The van der Waals surface area contributed by atoms with Crippen LogP contribution in [-0.4, -0.2) is 60.2 Å². The van der Waals surface area contributed by atoms with Crippen LogP contribution in [0.15, 0.2) is 42.7 Å². The molecule has 1 aliphatic carbocycles. The Morgan fingerprint density at radius 1 is 1.03 bits per heavy atom. The zero-order chi connectivity index (χ0) is 19.7. The van der Waals surface area contributed by atoms with E-state index in [-0.39, 0.29) is 11.3 Å². The summed E-state index contributed by atoms with van der Waals surface area (Å²) in [6, 6.07) is 10.7. The molecule has 29 heavy (non-hydrogen) atoms. The van der Waals surface area contributed by atoms with Crippen LogP contribution in [0.3, 0.4) is 0 Å². The fraction of sp³-hybridized carbons (Fsp3) is 0.522. The molecule has 3 aliphatic rings. The molecule has 6 heteroatoms. The molecule has 2 aromatic rings. The van der Waals surface area contributed by atoms with Gasteiger partial charge in [0.25, 0.3) is 0 Å². The molecule has 2 fully saturated rings. The van der Waals surface area contributed by atoms with Crippen molar-refractivity contribution in [1.29, 1.82) is 0 Å². The molecule has 2 aliphatic heterocycles. The Bertz CT molecular complexity index is 858. The molecular formula is C23H28N4O2. The Balaban J connectivity index is 1.32. The van der Waals surface area contributed by atoms with Crippen LogP contribution in [0.25, 0.3) is 0 Å². The van der Waals surface area contributed by atoms with Gasteiger partial charge in [-0.3, -0.25) is 4.79 Å². The smallest absolute Gasteiger partial charge is 0.225 e. The number of hydrogen-bond acceptors (Lipinski definition) is 5. The fourth-order valence-electron chi connectivity index (χ4n) is 5.43. The van der Waals surface area contributed by atoms with E-state index in [2.05, 4.69) is 39.1 Å². The largest absolute Gasteiger partial charge is 0.378 e. The maximum atomic E-state index is 12.9. The normalized spacial score (nSPS) is 23.2. The predicted molar refractivity (Wildman–Crippen MR) is 111 cm³/mol. The van der Waals surface area contributed by atoms with Crippen LogP contribution in [0.4, 0.5) is 5.95 Å². The van der Waals surface area contributed by atoms with E-state index < -0.39 is 0 Å². The second-order valence-corrected chi connectivity index (χ2v) is 8.50. The number of benzene rings is 1. The first-order valence-electron chi connectivity index (χ1n) is 10.7. The highest BCUT2D eigenvalue weighted by Crippen LogP contribution is 2.52. The highest BCUT2D eigenvalue weighted by Gasteiger charge is 2.46. The lowest BCUT2D eigenvalue weighted by Crippen LogP contribution is -2.43. The summed E-state index contributed by atoms with van der Waals surface area (Å²) in [7, 11) is 0. The standard InChI is InChI=1S/C23H28N4O2/c28-21(26-12-14-29-15-13-26)16-18-17-23(20-5-2-1-4-19(18)20)6-10-27(11-7-23)22-24-8-3-9-25-22/h1-5,8-9,18H,6-7,10-17H2. The van der Waals surface area contributed by atoms with Crippen LogP contribution in [-0.2, 0) is 14.9 Å². The van der Waals surface area contributed by atoms with E-state index in [0.29, 0.717) is 25.6 Å². The lowest BCUT2D eigenvalue weighted by atomic mass is 9.73. The molecule has 1 unspecified atom stereocenters. The zero-order valence-electron chi connectivity index (χ0n) is 16.8. The van der Waals surface area contributed by atoms with Gasteiger partial charge >= 0.3 is 0 Å². The van der Waals surface area contributed by atoms with Crippen molar-refractivity contribution in [1.82, 2.24) is 14.9 Å². The van der Waals surface area contributed by atoms with Gasteiger partial charge in [0.1, 0.15) is 0 Å². The van der Waals surface area contributed by atoms with Crippen molar-refractivity contribution in [3.8, 4) is 0 Å². The van der Waals surface area contributed by atoms with Crippen LogP contribution in [0.1, 0.15) is 42.7 Å². The summed E-state index contributed by atoms with van der Waals surface area (Å²) >= 11 is 0. The summed E-state index contributed by atoms with van der Waals surface area (Å²) in [5.41, 5.74) is 3.03. The number of hydrogen-bond donors (Lipinski definition) is 0. The molecule has 1 aromatic carbocycles. The quantitative estimate of drug-likeness (QED) is 0.804. The molecule has 0 radical (unpaired) electrons. The van der Waals surface area contributed by atoms with E-state index in [1.807, 2.05) is 23.4 Å². The topological polar surface area (TPSA) is 58.6 Å². The lowest BCUT2D eigenvalue weighted by Gasteiger charge is -2.40. The Kier molecular flexibility index (Phi) is 4.96. The molecule has 1 aromatic heterocycles. The Labute approximate surface area is 171 Å². The number of fused-ring (bicyclic) bond motifs is 2. The second kappa shape index (κ2) is 7.75. The molecule has 0 N–H and O–H groups in total. The third-order valence-corrected chi connectivity index (χ3v) is 6.95. The van der Waals surface area contributed by atoms with Crippen LogP contribution in [0.5, 0.6) is 0 Å². The van der Waals surface area contributed by atoms with Gasteiger partial charge < -0.3 is 14.5 Å². The van der Waals surface area contributed by atoms with E-state index in [1.54, 1.807) is 0 Å². The number of rotatable bonds is 3. The van der Waals surface area contributed by atoms with Gasteiger partial charge in [0, 0.05) is 45.0 Å². The number of morpholine rings is 1. The molecule has 6 nitrogen and oxygen atoms in total. The molecule has 2 saturated heterocycles. The summed E-state index contributed by atoms with van der Waals surface area (Å²) in [4.78, 5) is 26.0. The van der Waals surface area contributed by atoms with Gasteiger partial charge in [-0.1, -0.05) is 24.3 Å². The number of aromatic nitrogens is 2. The molecule has 1 amide bonds. The Morgan fingerprint density at radius 3 is 2.52 bits per heavy atom. The molecule has 0 saturated carbocycles. The highest BCUT2D eigenvalue weighted by molar-refractivity contribution is 5.77. The van der Waals surface area contributed by atoms with Crippen LogP contribution >= 0.6 is 0 Å². The lowest BCUT2D eigenvalue weighted by molar-refractivity contribution is -0.135. The van der Waals surface area contributed by atoms with Gasteiger partial charge in [0.15, 0.2) is 0 Å². The highest BCUT2D eigenvalue weighted by atomic mass is 16.5. The van der Waals surface area contributed by atoms with Crippen molar-refractivity contribution in [2.75, 3.05) is 44.3 Å². The van der Waals surface area contributed by atoms with Gasteiger partial charge in [-0.15, -0.1) is 0 Å². The SMILES string of the molecule is O=C(CC1CC2(CCN(c3ncccn3)CC2)c2ccccc21)N1CCOCC1. The average molecular weight is 393 g/mol. The third kappa shape index (κ3) is 3.50. The first kappa shape index (κ1) is 18.6. The Morgan fingerprint density at radius 2 is 1.76 bits per heavy atom. The van der Waals surface area contributed by atoms with E-state index >= 15 is 0 Å². The molecular weight excluding hydrogens is 364 g/mol. The van der Waals surface area contributed by atoms with Gasteiger partial charge in [-0.25, -0.2) is 9.97 Å². The number of ether oxygens (including phenoxy) is 1. The molecule has 5 rings (SSSR count). The summed E-state index contributed by atoms with van der Waals surface area (Å²) in [6.07, 6.45) is 7.49. The monoisotopic (exact) mass is 392 g/mol. The summed E-state index contributed by atoms with van der Waals surface area (Å²) < 4.78 is 5.40. The Hall–Kier alpha value is -2.47. The zero-order valence-corrected chi connectivity index (χ0v) is 16.8. The number of nitrogens with zero attached hydrogens (tertiary/aromatic N) is 4. The van der Waals surface area contributed by atoms with Gasteiger partial charge in [0.2, 0.25) is 11.9 Å². The van der Waals surface area contributed by atoms with E-state index in [9.17, 15) is 4.79 Å². The van der Waals surface area contributed by atoms with Crippen LogP contribution < -0.4 is 4.90 Å². The van der Waals surface area contributed by atoms with Crippen molar-refractivity contribution in [2.24, 2.45) is 0 Å². The van der Waals surface area contributed by atoms with Gasteiger partial charge in [0.05, 0.1) is 13.2 Å². The number of carbonyl (C=O) groups is 1. The van der Waals surface area contributed by atoms with E-state index in [1.165, 1.54) is 11.1 Å². The number of amides is 1. The van der Waals surface area contributed by atoms with Gasteiger partial charge in [-0.05, 0) is 47.8 Å². The van der Waals surface area contributed by atoms with Gasteiger partial charge in [-0.2, -0.15) is 0 Å². The molecule has 1 atom stereocenters. The first-order valence-corrected chi connectivity index (χ1v) is 10.7. The average Bonchev–Trinajstić information content (AvgIpc) is 3.08. The summed E-state index contributed by atoms with van der Waals surface area (Å²) in [5, 5.41) is 0. The molecule has 1 spiro atoms. The van der Waals surface area contributed by atoms with Crippen LogP contribution in [0, 0.1) is 0 Å². The predicted octanol–water partition coefficient (Wildman–Crippen LogP) is 2.75. The number of anilines is 1. The van der Waals surface area contributed by atoms with E-state index in [0.717, 1.165) is 51.4 Å². The van der Waals surface area contributed by atoms with Crippen molar-refractivity contribution < 1.29 is 9.53 Å². The third-order valence-electron chi connectivity index (χ3n) is 6.95. The molecule has 0 bridgehead atoms. The minimum Gasteiger partial charge on any atom is -0.378 e. The van der Waals surface area contributed by atoms with Crippen molar-refractivity contribution >= 4 is 11.9 Å². The van der Waals surface area contributed by atoms with Crippen LogP contribution in [0.2, 0.25) is 0 Å². The second-order valence-electron chi connectivity index (χ2n) is 8.50. The first-order chi connectivity index (χ1) is 14.3. The molecule has 152 valence electrons. The molecule has 3 heterocycles. The minimum absolute atomic E-state index is 0.178. The number of carbonyl (C=O) groups excluding carboxylic acids is 1. The maximum absolute atomic E-state index is 12.9. The minimum atomic E-state index is 0.178. The number of piperidine rings is 1. The maximum Gasteiger partial charge on any atom is 0.225 e. The fourth-order valence-corrected chi connectivity index (χ4v) is 5.43. The van der Waals surface area contributed by atoms with E-state index in [4.69, 9.17) is 4.74 Å². The summed E-state index contributed by atoms with van der Waals surface area (Å²) in [6.45, 7) is 4.70. The van der Waals surface area contributed by atoms with Crippen molar-refractivity contribution in [3.05, 3.63) is 53.9 Å². The van der Waals surface area contributed by atoms with Crippen molar-refractivity contribution in [2.45, 2.75) is 37.0 Å². The van der Waals surface area contributed by atoms with Crippen molar-refractivity contribution in [3.63, 3.8) is 0 Å². The summed E-state index contributed by atoms with van der Waals surface area (Å²) in [5.74, 6) is 1.43.